The molecule has 1 aromatic heterocycles. The molecule has 152 valence electrons. The Hall–Kier alpha value is -2.55. The fourth-order valence-electron chi connectivity index (χ4n) is 2.96. The molecule has 29 heavy (non-hydrogen) atoms. The van der Waals surface area contributed by atoms with Crippen LogP contribution >= 0.6 is 11.3 Å². The summed E-state index contributed by atoms with van der Waals surface area (Å²) in [5.41, 5.74) is 3.06. The molecule has 2 N–H and O–H groups in total. The molecule has 0 spiro atoms. The number of hydrogen-bond acceptors (Lipinski definition) is 5. The maximum Gasteiger partial charge on any atom is 0.240 e. The topological polar surface area (TPSA) is 88.2 Å². The van der Waals surface area contributed by atoms with Gasteiger partial charge in [-0.25, -0.2) is 18.1 Å². The van der Waals surface area contributed by atoms with Gasteiger partial charge in [-0.05, 0) is 31.5 Å². The smallest absolute Gasteiger partial charge is 0.240 e. The van der Waals surface area contributed by atoms with Gasteiger partial charge in [0.25, 0.3) is 0 Å². The first-order valence-electron chi connectivity index (χ1n) is 9.16. The Balaban J connectivity index is 1.70. The molecular formula is C21H23N3O3S2. The van der Waals surface area contributed by atoms with E-state index in [4.69, 9.17) is 0 Å². The largest absolute Gasteiger partial charge is 0.326 e. The van der Waals surface area contributed by atoms with Crippen molar-refractivity contribution in [3.63, 3.8) is 0 Å². The number of sulfonamides is 1. The van der Waals surface area contributed by atoms with Crippen molar-refractivity contribution in [2.45, 2.75) is 32.1 Å². The summed E-state index contributed by atoms with van der Waals surface area (Å²) in [5.74, 6) is -0.251. The van der Waals surface area contributed by atoms with Crippen LogP contribution in [0.25, 0.3) is 11.3 Å². The van der Waals surface area contributed by atoms with Crippen molar-refractivity contribution >= 4 is 33.0 Å². The fraction of sp³-hybridized carbons (Fsp3) is 0.238. The van der Waals surface area contributed by atoms with Crippen molar-refractivity contribution in [3.05, 3.63) is 64.0 Å². The van der Waals surface area contributed by atoms with Gasteiger partial charge >= 0.3 is 0 Å². The summed E-state index contributed by atoms with van der Waals surface area (Å²) in [4.78, 5) is 17.2. The number of carbonyl (C=O) groups is 1. The molecule has 0 aliphatic rings. The summed E-state index contributed by atoms with van der Waals surface area (Å²) in [6.45, 7) is 5.37. The van der Waals surface area contributed by atoms with Crippen molar-refractivity contribution in [2.75, 3.05) is 11.9 Å². The Labute approximate surface area is 175 Å². The molecule has 3 rings (SSSR count). The highest BCUT2D eigenvalue weighted by molar-refractivity contribution is 7.89. The van der Waals surface area contributed by atoms with Crippen molar-refractivity contribution in [3.8, 4) is 11.3 Å². The van der Waals surface area contributed by atoms with Crippen LogP contribution in [0.1, 0.15) is 22.4 Å². The highest BCUT2D eigenvalue weighted by Crippen LogP contribution is 2.27. The van der Waals surface area contributed by atoms with Gasteiger partial charge in [0, 0.05) is 36.0 Å². The lowest BCUT2D eigenvalue weighted by atomic mass is 10.1. The van der Waals surface area contributed by atoms with Crippen LogP contribution in [-0.4, -0.2) is 25.9 Å². The molecule has 6 nitrogen and oxygen atoms in total. The first kappa shape index (κ1) is 21.2. The lowest BCUT2D eigenvalue weighted by Gasteiger charge is -2.11. The van der Waals surface area contributed by atoms with Crippen LogP contribution in [0, 0.1) is 13.8 Å². The number of carbonyl (C=O) groups excluding carboxylic acids is 1. The second-order valence-electron chi connectivity index (χ2n) is 6.69. The number of rotatable bonds is 7. The minimum atomic E-state index is -3.70. The first-order chi connectivity index (χ1) is 13.8. The average Bonchev–Trinajstić information content (AvgIpc) is 3.04. The van der Waals surface area contributed by atoms with Crippen LogP contribution in [0.15, 0.2) is 53.4 Å². The zero-order chi connectivity index (χ0) is 21.0. The number of thiazole rings is 1. The maximum atomic E-state index is 12.7. The molecule has 0 radical (unpaired) electrons. The van der Waals surface area contributed by atoms with E-state index in [9.17, 15) is 13.2 Å². The number of benzene rings is 2. The minimum Gasteiger partial charge on any atom is -0.326 e. The second-order valence-corrected chi connectivity index (χ2v) is 9.71. The third kappa shape index (κ3) is 5.29. The van der Waals surface area contributed by atoms with E-state index < -0.39 is 10.0 Å². The molecule has 0 saturated carbocycles. The lowest BCUT2D eigenvalue weighted by Crippen LogP contribution is -2.26. The summed E-state index contributed by atoms with van der Waals surface area (Å²) in [6.07, 6.45) is 0.502. The van der Waals surface area contributed by atoms with E-state index in [0.717, 1.165) is 21.1 Å². The number of hydrogen-bond donors (Lipinski definition) is 2. The quantitative estimate of drug-likeness (QED) is 0.596. The van der Waals surface area contributed by atoms with E-state index in [1.54, 1.807) is 30.4 Å². The zero-order valence-corrected chi connectivity index (χ0v) is 18.2. The standard InChI is InChI=1S/C21H23N3O3S2/c1-14-9-10-18(23-16(3)25)13-19(14)29(26,27)22-12-11-20-24-21(15(2)28-20)17-7-5-4-6-8-17/h4-10,13,22H,11-12H2,1-3H3,(H,23,25). The summed E-state index contributed by atoms with van der Waals surface area (Å²) in [6, 6.07) is 14.8. The van der Waals surface area contributed by atoms with E-state index >= 15 is 0 Å². The van der Waals surface area contributed by atoms with Gasteiger partial charge in [0.05, 0.1) is 15.6 Å². The Morgan fingerprint density at radius 3 is 2.52 bits per heavy atom. The van der Waals surface area contributed by atoms with Crippen LogP contribution in [0.3, 0.4) is 0 Å². The van der Waals surface area contributed by atoms with Gasteiger partial charge in [-0.1, -0.05) is 36.4 Å². The SMILES string of the molecule is CC(=O)Nc1ccc(C)c(S(=O)(=O)NCCc2nc(-c3ccccc3)c(C)s2)c1. The van der Waals surface area contributed by atoms with Gasteiger partial charge in [0.1, 0.15) is 0 Å². The van der Waals surface area contributed by atoms with Gasteiger partial charge in [0.15, 0.2) is 0 Å². The number of nitrogens with zero attached hydrogens (tertiary/aromatic N) is 1. The van der Waals surface area contributed by atoms with Crippen LogP contribution in [0.5, 0.6) is 0 Å². The predicted molar refractivity (Wildman–Crippen MR) is 117 cm³/mol. The second kappa shape index (κ2) is 8.86. The van der Waals surface area contributed by atoms with Crippen molar-refractivity contribution in [1.29, 1.82) is 0 Å². The van der Waals surface area contributed by atoms with Gasteiger partial charge in [0.2, 0.25) is 15.9 Å². The van der Waals surface area contributed by atoms with Gasteiger partial charge in [-0.3, -0.25) is 4.79 Å². The Kier molecular flexibility index (Phi) is 6.46. The van der Waals surface area contributed by atoms with Crippen molar-refractivity contribution < 1.29 is 13.2 Å². The monoisotopic (exact) mass is 429 g/mol. The third-order valence-corrected chi connectivity index (χ3v) is 6.95. The van der Waals surface area contributed by atoms with Gasteiger partial charge in [-0.15, -0.1) is 11.3 Å². The number of anilines is 1. The van der Waals surface area contributed by atoms with Crippen LogP contribution in [0.4, 0.5) is 5.69 Å². The summed E-state index contributed by atoms with van der Waals surface area (Å²) < 4.78 is 28.1. The van der Waals surface area contributed by atoms with Crippen molar-refractivity contribution in [2.24, 2.45) is 0 Å². The number of aryl methyl sites for hydroxylation is 2. The molecule has 3 aromatic rings. The van der Waals surface area contributed by atoms with Crippen molar-refractivity contribution in [1.82, 2.24) is 9.71 Å². The van der Waals surface area contributed by atoms with E-state index in [-0.39, 0.29) is 17.3 Å². The zero-order valence-electron chi connectivity index (χ0n) is 16.5. The summed E-state index contributed by atoms with van der Waals surface area (Å²) >= 11 is 1.57. The maximum absolute atomic E-state index is 12.7. The molecule has 0 aliphatic heterocycles. The fourth-order valence-corrected chi connectivity index (χ4v) is 5.22. The van der Waals surface area contributed by atoms with Crippen LogP contribution < -0.4 is 10.0 Å². The molecule has 8 heteroatoms. The predicted octanol–water partition coefficient (Wildman–Crippen LogP) is 3.91. The summed E-state index contributed by atoms with van der Waals surface area (Å²) in [5, 5.41) is 3.49. The van der Waals surface area contributed by atoms with E-state index in [1.165, 1.54) is 13.0 Å². The minimum absolute atomic E-state index is 0.157. The molecule has 0 aliphatic carbocycles. The molecule has 0 bridgehead atoms. The van der Waals surface area contributed by atoms with E-state index in [1.807, 2.05) is 37.3 Å². The molecule has 0 saturated heterocycles. The number of amides is 1. The normalized spacial score (nSPS) is 11.4. The Bertz CT molecular complexity index is 1120. The van der Waals surface area contributed by atoms with E-state index in [2.05, 4.69) is 15.0 Å². The highest BCUT2D eigenvalue weighted by atomic mass is 32.2. The van der Waals surface area contributed by atoms with Gasteiger partial charge in [-0.2, -0.15) is 0 Å². The van der Waals surface area contributed by atoms with Gasteiger partial charge < -0.3 is 5.32 Å². The average molecular weight is 430 g/mol. The first-order valence-corrected chi connectivity index (χ1v) is 11.5. The summed E-state index contributed by atoms with van der Waals surface area (Å²) in [7, 11) is -3.70. The molecule has 1 amide bonds. The molecule has 1 heterocycles. The Morgan fingerprint density at radius 1 is 1.10 bits per heavy atom. The van der Waals surface area contributed by atoms with Crippen LogP contribution in [0.2, 0.25) is 0 Å². The molecule has 0 atom stereocenters. The number of aromatic nitrogens is 1. The lowest BCUT2D eigenvalue weighted by molar-refractivity contribution is -0.114. The molecule has 2 aromatic carbocycles. The highest BCUT2D eigenvalue weighted by Gasteiger charge is 2.18. The Morgan fingerprint density at radius 2 is 1.83 bits per heavy atom. The molecular weight excluding hydrogens is 406 g/mol. The van der Waals surface area contributed by atoms with E-state index in [0.29, 0.717) is 17.7 Å². The third-order valence-electron chi connectivity index (χ3n) is 4.32. The number of nitrogens with one attached hydrogen (secondary N) is 2. The molecule has 0 fully saturated rings. The van der Waals surface area contributed by atoms with Crippen LogP contribution in [-0.2, 0) is 21.2 Å². The molecule has 0 unspecified atom stereocenters.